The van der Waals surface area contributed by atoms with Crippen LogP contribution in [0.1, 0.15) is 59.8 Å². The molecule has 0 amide bonds. The maximum absolute atomic E-state index is 12.1. The second-order valence-corrected chi connectivity index (χ2v) is 7.88. The largest absolute Gasteiger partial charge is 0.392 e. The number of hydrogen-bond donors (Lipinski definition) is 3. The van der Waals surface area contributed by atoms with Gasteiger partial charge in [0.1, 0.15) is 0 Å². The van der Waals surface area contributed by atoms with Crippen LogP contribution in [0.2, 0.25) is 0 Å². The van der Waals surface area contributed by atoms with E-state index in [1.165, 1.54) is 12.2 Å². The first-order valence-electron chi connectivity index (χ1n) is 9.13. The highest BCUT2D eigenvalue weighted by molar-refractivity contribution is 5.91. The van der Waals surface area contributed by atoms with Gasteiger partial charge in [-0.25, -0.2) is 0 Å². The van der Waals surface area contributed by atoms with Crippen molar-refractivity contribution in [3.63, 3.8) is 0 Å². The Bertz CT molecular complexity index is 489. The molecule has 144 valence electrons. The predicted molar refractivity (Wildman–Crippen MR) is 98.2 cm³/mol. The molecule has 0 aromatic rings. The van der Waals surface area contributed by atoms with Crippen molar-refractivity contribution in [2.24, 2.45) is 5.92 Å². The number of allylic oxidation sites excluding steroid dienone is 1. The standard InChI is InChI=1S/C20H34O5/c1-15(17(22)9-12-19(2,3)24)6-5-11-20(4)18(23)8-7-16(10-13-21)14-25-20/h9-10,12,15,18,21,23-24H,5-8,11,13-14H2,1-4H3/t15?,18-,20?/m1/s1. The summed E-state index contributed by atoms with van der Waals surface area (Å²) in [5, 5.41) is 29.1. The van der Waals surface area contributed by atoms with Crippen molar-refractivity contribution in [3.8, 4) is 0 Å². The second-order valence-electron chi connectivity index (χ2n) is 7.88. The molecule has 0 saturated carbocycles. The van der Waals surface area contributed by atoms with Crippen LogP contribution in [0.3, 0.4) is 0 Å². The Balaban J connectivity index is 2.51. The van der Waals surface area contributed by atoms with E-state index in [1.807, 2.05) is 13.8 Å². The molecule has 2 unspecified atom stereocenters. The van der Waals surface area contributed by atoms with E-state index in [-0.39, 0.29) is 18.3 Å². The average Bonchev–Trinajstić information content (AvgIpc) is 2.66. The number of carbonyl (C=O) groups is 1. The molecule has 0 spiro atoms. The van der Waals surface area contributed by atoms with Crippen molar-refractivity contribution in [2.75, 3.05) is 13.2 Å². The molecule has 1 rings (SSSR count). The van der Waals surface area contributed by atoms with Crippen molar-refractivity contribution in [3.05, 3.63) is 23.8 Å². The molecule has 3 atom stereocenters. The van der Waals surface area contributed by atoms with Crippen LogP contribution in [0.4, 0.5) is 0 Å². The van der Waals surface area contributed by atoms with Gasteiger partial charge in [-0.15, -0.1) is 0 Å². The summed E-state index contributed by atoms with van der Waals surface area (Å²) in [5.74, 6) is -0.127. The normalized spacial score (nSPS) is 28.3. The van der Waals surface area contributed by atoms with Crippen molar-refractivity contribution in [1.29, 1.82) is 0 Å². The van der Waals surface area contributed by atoms with Crippen LogP contribution in [0, 0.1) is 5.92 Å². The zero-order valence-electron chi connectivity index (χ0n) is 16.0. The summed E-state index contributed by atoms with van der Waals surface area (Å²) < 4.78 is 5.94. The highest BCUT2D eigenvalue weighted by Crippen LogP contribution is 2.31. The molecule has 1 aliphatic heterocycles. The topological polar surface area (TPSA) is 87.0 Å². The summed E-state index contributed by atoms with van der Waals surface area (Å²) in [6, 6.07) is 0. The maximum Gasteiger partial charge on any atom is 0.158 e. The summed E-state index contributed by atoms with van der Waals surface area (Å²) in [6.07, 6.45) is 7.66. The fourth-order valence-electron chi connectivity index (χ4n) is 2.93. The van der Waals surface area contributed by atoms with Crippen molar-refractivity contribution < 1.29 is 24.9 Å². The van der Waals surface area contributed by atoms with Crippen LogP contribution in [-0.4, -0.2) is 51.6 Å². The quantitative estimate of drug-likeness (QED) is 0.461. The van der Waals surface area contributed by atoms with Gasteiger partial charge in [0.05, 0.1) is 30.5 Å². The van der Waals surface area contributed by atoms with Gasteiger partial charge < -0.3 is 20.1 Å². The third-order valence-corrected chi connectivity index (χ3v) is 4.86. The molecule has 0 aliphatic carbocycles. The Morgan fingerprint density at radius 1 is 1.48 bits per heavy atom. The van der Waals surface area contributed by atoms with Crippen LogP contribution < -0.4 is 0 Å². The molecule has 1 heterocycles. The van der Waals surface area contributed by atoms with E-state index < -0.39 is 17.3 Å². The fraction of sp³-hybridized carbons (Fsp3) is 0.750. The van der Waals surface area contributed by atoms with Gasteiger partial charge in [0.15, 0.2) is 5.78 Å². The summed E-state index contributed by atoms with van der Waals surface area (Å²) in [5.41, 5.74) is -0.594. The van der Waals surface area contributed by atoms with Gasteiger partial charge in [0.2, 0.25) is 0 Å². The molecule has 1 fully saturated rings. The van der Waals surface area contributed by atoms with E-state index in [1.54, 1.807) is 19.9 Å². The molecule has 25 heavy (non-hydrogen) atoms. The summed E-state index contributed by atoms with van der Waals surface area (Å²) in [4.78, 5) is 12.1. The van der Waals surface area contributed by atoms with E-state index >= 15 is 0 Å². The Labute approximate surface area is 151 Å². The van der Waals surface area contributed by atoms with Crippen LogP contribution >= 0.6 is 0 Å². The molecule has 3 N–H and O–H groups in total. The van der Waals surface area contributed by atoms with Gasteiger partial charge in [-0.3, -0.25) is 4.79 Å². The number of aliphatic hydroxyl groups is 3. The molecule has 0 aromatic heterocycles. The van der Waals surface area contributed by atoms with Gasteiger partial charge in [-0.1, -0.05) is 19.1 Å². The third kappa shape index (κ3) is 7.82. The molecule has 0 aromatic carbocycles. The van der Waals surface area contributed by atoms with Gasteiger partial charge in [0.25, 0.3) is 0 Å². The molecule has 5 nitrogen and oxygen atoms in total. The highest BCUT2D eigenvalue weighted by atomic mass is 16.5. The fourth-order valence-corrected chi connectivity index (χ4v) is 2.93. The van der Waals surface area contributed by atoms with Crippen LogP contribution in [0.5, 0.6) is 0 Å². The third-order valence-electron chi connectivity index (χ3n) is 4.86. The van der Waals surface area contributed by atoms with Crippen molar-refractivity contribution >= 4 is 5.78 Å². The SMILES string of the molecule is CC(CCCC1(C)OCC(=CCO)CC[C@H]1O)C(=O)C=CC(C)(C)O. The van der Waals surface area contributed by atoms with Crippen molar-refractivity contribution in [1.82, 2.24) is 0 Å². The first kappa shape index (κ1) is 22.0. The summed E-state index contributed by atoms with van der Waals surface area (Å²) in [7, 11) is 0. The number of rotatable bonds is 8. The zero-order valence-corrected chi connectivity index (χ0v) is 16.0. The number of aliphatic hydroxyl groups excluding tert-OH is 2. The molecule has 5 heteroatoms. The highest BCUT2D eigenvalue weighted by Gasteiger charge is 2.36. The Morgan fingerprint density at radius 2 is 2.16 bits per heavy atom. The van der Waals surface area contributed by atoms with Gasteiger partial charge in [-0.05, 0) is 64.5 Å². The minimum absolute atomic E-state index is 0.00257. The second kappa shape index (κ2) is 9.62. The van der Waals surface area contributed by atoms with E-state index in [2.05, 4.69) is 0 Å². The molecule has 1 aliphatic rings. The Hall–Kier alpha value is -1.01. The molecular weight excluding hydrogens is 320 g/mol. The molecular formula is C20H34O5. The lowest BCUT2D eigenvalue weighted by atomic mass is 9.87. The van der Waals surface area contributed by atoms with Gasteiger partial charge in [0, 0.05) is 5.92 Å². The lowest BCUT2D eigenvalue weighted by molar-refractivity contribution is -0.118. The first-order chi connectivity index (χ1) is 11.6. The minimum Gasteiger partial charge on any atom is -0.392 e. The van der Waals surface area contributed by atoms with Crippen LogP contribution in [0.25, 0.3) is 0 Å². The first-order valence-corrected chi connectivity index (χ1v) is 9.13. The summed E-state index contributed by atoms with van der Waals surface area (Å²) >= 11 is 0. The maximum atomic E-state index is 12.1. The number of ketones is 1. The Morgan fingerprint density at radius 3 is 2.76 bits per heavy atom. The molecule has 0 bridgehead atoms. The lowest BCUT2D eigenvalue weighted by Crippen LogP contribution is -2.41. The lowest BCUT2D eigenvalue weighted by Gasteiger charge is -2.33. The average molecular weight is 354 g/mol. The monoisotopic (exact) mass is 354 g/mol. The zero-order chi connectivity index (χ0) is 19.1. The van der Waals surface area contributed by atoms with Crippen molar-refractivity contribution in [2.45, 2.75) is 77.1 Å². The van der Waals surface area contributed by atoms with Crippen LogP contribution in [0.15, 0.2) is 23.8 Å². The summed E-state index contributed by atoms with van der Waals surface area (Å²) in [6.45, 7) is 7.48. The minimum atomic E-state index is -0.985. The number of carbonyl (C=O) groups excluding carboxylic acids is 1. The number of ether oxygens (including phenoxy) is 1. The number of hydrogen-bond acceptors (Lipinski definition) is 5. The smallest absolute Gasteiger partial charge is 0.158 e. The van der Waals surface area contributed by atoms with Crippen LogP contribution in [-0.2, 0) is 9.53 Å². The predicted octanol–water partition coefficient (Wildman–Crippen LogP) is 2.54. The van der Waals surface area contributed by atoms with E-state index in [0.717, 1.165) is 18.4 Å². The molecule has 0 radical (unpaired) electrons. The van der Waals surface area contributed by atoms with Gasteiger partial charge >= 0.3 is 0 Å². The Kier molecular flexibility index (Phi) is 8.48. The molecule has 1 saturated heterocycles. The van der Waals surface area contributed by atoms with Gasteiger partial charge in [-0.2, -0.15) is 0 Å². The van der Waals surface area contributed by atoms with E-state index in [4.69, 9.17) is 9.84 Å². The van der Waals surface area contributed by atoms with E-state index in [9.17, 15) is 15.0 Å². The van der Waals surface area contributed by atoms with E-state index in [0.29, 0.717) is 25.9 Å².